The Morgan fingerprint density at radius 1 is 1.00 bits per heavy atom. The van der Waals surface area contributed by atoms with Crippen molar-refractivity contribution in [1.29, 1.82) is 0 Å². The van der Waals surface area contributed by atoms with Crippen LogP contribution in [0, 0.1) is 0 Å². The molecule has 0 unspecified atom stereocenters. The van der Waals surface area contributed by atoms with Crippen molar-refractivity contribution < 1.29 is 4.79 Å². The van der Waals surface area contributed by atoms with Crippen molar-refractivity contribution in [1.82, 2.24) is 4.57 Å². The third-order valence-electron chi connectivity index (χ3n) is 3.80. The van der Waals surface area contributed by atoms with Gasteiger partial charge in [0.25, 0.3) is 0 Å². The average molecular weight is 320 g/mol. The molecule has 2 aromatic carbocycles. The van der Waals surface area contributed by atoms with Gasteiger partial charge in [0.15, 0.2) is 0 Å². The minimum atomic E-state index is 0.271. The lowest BCUT2D eigenvalue weighted by Gasteiger charge is -2.06. The predicted octanol–water partition coefficient (Wildman–Crippen LogP) is 5.47. The molecule has 0 bridgehead atoms. The number of benzene rings is 2. The molecule has 1 heterocycles. The van der Waals surface area contributed by atoms with Crippen LogP contribution in [-0.2, 0) is 11.3 Å². The highest BCUT2D eigenvalue weighted by atomic mass is 35.5. The number of halogens is 2. The van der Waals surface area contributed by atoms with Crippen LogP contribution in [0.3, 0.4) is 0 Å². The number of aryl methyl sites for hydroxylation is 1. The molecular weight excluding hydrogens is 305 g/mol. The number of aromatic nitrogens is 1. The summed E-state index contributed by atoms with van der Waals surface area (Å²) in [6, 6.07) is 11.7. The van der Waals surface area contributed by atoms with E-state index in [1.165, 1.54) is 0 Å². The van der Waals surface area contributed by atoms with Crippen LogP contribution in [0.4, 0.5) is 0 Å². The summed E-state index contributed by atoms with van der Waals surface area (Å²) in [6.45, 7) is 2.57. The minimum absolute atomic E-state index is 0.271. The summed E-state index contributed by atoms with van der Waals surface area (Å²) in [6.07, 6.45) is 1.12. The predicted molar refractivity (Wildman–Crippen MR) is 89.4 cm³/mol. The molecule has 21 heavy (non-hydrogen) atoms. The number of nitrogens with zero attached hydrogens (tertiary/aromatic N) is 1. The van der Waals surface area contributed by atoms with Gasteiger partial charge in [0.05, 0.1) is 0 Å². The minimum Gasteiger partial charge on any atom is -0.340 e. The molecule has 0 amide bonds. The van der Waals surface area contributed by atoms with E-state index >= 15 is 0 Å². The lowest BCUT2D eigenvalue weighted by molar-refractivity contribution is -0.118. The Morgan fingerprint density at radius 3 is 2.00 bits per heavy atom. The third kappa shape index (κ3) is 2.66. The monoisotopic (exact) mass is 319 g/mol. The first kappa shape index (κ1) is 14.4. The van der Waals surface area contributed by atoms with Crippen molar-refractivity contribution in [3.8, 4) is 0 Å². The van der Waals surface area contributed by atoms with Crippen molar-refractivity contribution in [2.75, 3.05) is 0 Å². The van der Waals surface area contributed by atoms with Crippen LogP contribution in [0.15, 0.2) is 36.4 Å². The number of ketones is 1. The van der Waals surface area contributed by atoms with E-state index in [0.717, 1.165) is 21.8 Å². The fraction of sp³-hybridized carbons (Fsp3) is 0.235. The molecule has 0 N–H and O–H groups in total. The van der Waals surface area contributed by atoms with E-state index in [1.807, 2.05) is 43.3 Å². The molecule has 4 heteroatoms. The van der Waals surface area contributed by atoms with Gasteiger partial charge in [-0.25, -0.2) is 0 Å². The molecule has 1 aromatic heterocycles. The average Bonchev–Trinajstić information content (AvgIpc) is 2.77. The molecule has 0 radical (unpaired) electrons. The van der Waals surface area contributed by atoms with Crippen molar-refractivity contribution in [2.24, 2.45) is 0 Å². The summed E-state index contributed by atoms with van der Waals surface area (Å²) < 4.78 is 2.17. The summed E-state index contributed by atoms with van der Waals surface area (Å²) in [5, 5.41) is 3.55. The highest BCUT2D eigenvalue weighted by Gasteiger charge is 2.12. The summed E-state index contributed by atoms with van der Waals surface area (Å²) in [4.78, 5) is 11.6. The molecule has 0 saturated heterocycles. The first-order valence-corrected chi connectivity index (χ1v) is 7.74. The smallest absolute Gasteiger partial charge is 0.134 e. The maximum atomic E-state index is 11.6. The molecule has 0 atom stereocenters. The maximum absolute atomic E-state index is 11.6. The van der Waals surface area contributed by atoms with E-state index in [1.54, 1.807) is 0 Å². The van der Waals surface area contributed by atoms with E-state index in [2.05, 4.69) is 4.57 Å². The van der Waals surface area contributed by atoms with Crippen molar-refractivity contribution in [3.05, 3.63) is 46.4 Å². The third-order valence-corrected chi connectivity index (χ3v) is 4.27. The Morgan fingerprint density at radius 2 is 1.52 bits per heavy atom. The van der Waals surface area contributed by atoms with Crippen LogP contribution < -0.4 is 0 Å². The molecule has 0 spiro atoms. The van der Waals surface area contributed by atoms with Gasteiger partial charge in [-0.05, 0) is 36.4 Å². The summed E-state index contributed by atoms with van der Waals surface area (Å²) in [7, 11) is 0. The highest BCUT2D eigenvalue weighted by molar-refractivity contribution is 6.33. The van der Waals surface area contributed by atoms with Crippen LogP contribution in [-0.4, -0.2) is 10.4 Å². The second kappa shape index (κ2) is 5.70. The molecule has 0 aliphatic heterocycles. The van der Waals surface area contributed by atoms with Crippen LogP contribution in [0.25, 0.3) is 21.8 Å². The van der Waals surface area contributed by atoms with Crippen LogP contribution in [0.1, 0.15) is 19.8 Å². The fourth-order valence-electron chi connectivity index (χ4n) is 2.70. The summed E-state index contributed by atoms with van der Waals surface area (Å²) in [5.41, 5.74) is 2.17. The summed E-state index contributed by atoms with van der Waals surface area (Å²) in [5.74, 6) is 0.271. The molecule has 3 rings (SSSR count). The van der Waals surface area contributed by atoms with Gasteiger partial charge in [-0.2, -0.15) is 0 Å². The van der Waals surface area contributed by atoms with E-state index in [0.29, 0.717) is 29.4 Å². The van der Waals surface area contributed by atoms with Crippen molar-refractivity contribution in [3.63, 3.8) is 0 Å². The van der Waals surface area contributed by atoms with Crippen LogP contribution >= 0.6 is 23.2 Å². The molecule has 0 aliphatic rings. The van der Waals surface area contributed by atoms with Gasteiger partial charge in [-0.15, -0.1) is 0 Å². The SMILES string of the molecule is CCC(=O)CCn1c2ccc(Cl)cc2c2cc(Cl)ccc21. The molecule has 108 valence electrons. The number of rotatable bonds is 4. The fourth-order valence-corrected chi connectivity index (χ4v) is 3.05. The molecule has 2 nitrogen and oxygen atoms in total. The van der Waals surface area contributed by atoms with E-state index in [-0.39, 0.29) is 5.78 Å². The summed E-state index contributed by atoms with van der Waals surface area (Å²) >= 11 is 12.2. The first-order chi connectivity index (χ1) is 10.1. The second-order valence-corrected chi connectivity index (χ2v) is 5.99. The molecular formula is C17H15Cl2NO. The number of hydrogen-bond acceptors (Lipinski definition) is 1. The van der Waals surface area contributed by atoms with E-state index < -0.39 is 0 Å². The van der Waals surface area contributed by atoms with Crippen LogP contribution in [0.5, 0.6) is 0 Å². The lowest BCUT2D eigenvalue weighted by atomic mass is 10.1. The quantitative estimate of drug-likeness (QED) is 0.625. The van der Waals surface area contributed by atoms with Crippen molar-refractivity contribution >= 4 is 50.8 Å². The van der Waals surface area contributed by atoms with Gasteiger partial charge in [0.2, 0.25) is 0 Å². The number of Topliss-reactive ketones (excluding diaryl/α,β-unsaturated/α-hetero) is 1. The van der Waals surface area contributed by atoms with Gasteiger partial charge < -0.3 is 4.57 Å². The first-order valence-electron chi connectivity index (χ1n) is 6.99. The zero-order valence-electron chi connectivity index (χ0n) is 11.7. The van der Waals surface area contributed by atoms with Gasteiger partial charge in [-0.3, -0.25) is 4.79 Å². The van der Waals surface area contributed by atoms with Gasteiger partial charge in [0, 0.05) is 51.2 Å². The lowest BCUT2D eigenvalue weighted by Crippen LogP contribution is -2.04. The van der Waals surface area contributed by atoms with E-state index in [4.69, 9.17) is 23.2 Å². The number of carbonyl (C=O) groups is 1. The number of hydrogen-bond donors (Lipinski definition) is 0. The Balaban J connectivity index is 2.22. The number of carbonyl (C=O) groups excluding carboxylic acids is 1. The Bertz CT molecular complexity index is 776. The standard InChI is InChI=1S/C17H15Cl2NO/c1-2-13(21)7-8-20-16-5-3-11(18)9-14(16)15-10-12(19)4-6-17(15)20/h3-6,9-10H,2,7-8H2,1H3. The number of fused-ring (bicyclic) bond motifs is 3. The largest absolute Gasteiger partial charge is 0.340 e. The zero-order chi connectivity index (χ0) is 15.0. The molecule has 0 fully saturated rings. The van der Waals surface area contributed by atoms with Gasteiger partial charge in [0.1, 0.15) is 5.78 Å². The molecule has 3 aromatic rings. The van der Waals surface area contributed by atoms with E-state index in [9.17, 15) is 4.79 Å². The van der Waals surface area contributed by atoms with Gasteiger partial charge >= 0.3 is 0 Å². The normalized spacial score (nSPS) is 11.4. The van der Waals surface area contributed by atoms with Crippen molar-refractivity contribution in [2.45, 2.75) is 26.3 Å². The highest BCUT2D eigenvalue weighted by Crippen LogP contribution is 2.32. The van der Waals surface area contributed by atoms with Gasteiger partial charge in [-0.1, -0.05) is 30.1 Å². The zero-order valence-corrected chi connectivity index (χ0v) is 13.2. The Kier molecular flexibility index (Phi) is 3.92. The molecule has 0 aliphatic carbocycles. The Hall–Kier alpha value is -1.51. The maximum Gasteiger partial charge on any atom is 0.134 e. The molecule has 0 saturated carbocycles. The van der Waals surface area contributed by atoms with Crippen LogP contribution in [0.2, 0.25) is 10.0 Å². The second-order valence-electron chi connectivity index (χ2n) is 5.12. The topological polar surface area (TPSA) is 22.0 Å². The Labute approximate surface area is 133 Å².